The molecule has 1 heterocycles. The minimum atomic E-state index is 0.550. The monoisotopic (exact) mass is 177 g/mol. The van der Waals surface area contributed by atoms with E-state index in [2.05, 4.69) is 22.2 Å². The first-order valence-corrected chi connectivity index (χ1v) is 4.82. The lowest BCUT2D eigenvalue weighted by atomic mass is 10.2. The van der Waals surface area contributed by atoms with Gasteiger partial charge in [-0.1, -0.05) is 0 Å². The summed E-state index contributed by atoms with van der Waals surface area (Å²) >= 11 is 0. The molecule has 0 aromatic carbocycles. The molecule has 1 saturated carbocycles. The Morgan fingerprint density at radius 2 is 2.31 bits per heavy atom. The van der Waals surface area contributed by atoms with Crippen LogP contribution in [0.4, 0.5) is 5.82 Å². The van der Waals surface area contributed by atoms with Gasteiger partial charge in [0.2, 0.25) is 0 Å². The molecule has 2 rings (SSSR count). The van der Waals surface area contributed by atoms with E-state index < -0.39 is 0 Å². The minimum absolute atomic E-state index is 0.550. The van der Waals surface area contributed by atoms with Crippen molar-refractivity contribution in [1.29, 1.82) is 0 Å². The predicted molar refractivity (Wildman–Crippen MR) is 52.6 cm³/mol. The molecule has 1 fully saturated rings. The maximum Gasteiger partial charge on any atom is 0.129 e. The summed E-state index contributed by atoms with van der Waals surface area (Å²) in [6, 6.07) is 2.47. The molecule has 13 heavy (non-hydrogen) atoms. The van der Waals surface area contributed by atoms with Gasteiger partial charge in [-0.3, -0.25) is 0 Å². The molecular weight excluding hydrogens is 162 g/mol. The summed E-state index contributed by atoms with van der Waals surface area (Å²) in [4.78, 5) is 8.36. The first kappa shape index (κ1) is 8.48. The number of nitrogens with zero attached hydrogens (tertiary/aromatic N) is 2. The molecule has 1 atom stereocenters. The highest BCUT2D eigenvalue weighted by atomic mass is 15.0. The van der Waals surface area contributed by atoms with E-state index in [9.17, 15) is 0 Å². The first-order valence-electron chi connectivity index (χ1n) is 4.82. The highest BCUT2D eigenvalue weighted by Gasteiger charge is 2.27. The lowest BCUT2D eigenvalue weighted by Gasteiger charge is -2.12. The molecule has 1 aliphatic carbocycles. The van der Waals surface area contributed by atoms with E-state index in [-0.39, 0.29) is 0 Å². The van der Waals surface area contributed by atoms with Crippen molar-refractivity contribution in [3.8, 4) is 0 Å². The molecule has 0 aliphatic heterocycles. The molecule has 1 aromatic heterocycles. The van der Waals surface area contributed by atoms with Gasteiger partial charge in [0, 0.05) is 12.2 Å². The predicted octanol–water partition coefficient (Wildman–Crippen LogP) is 2.00. The van der Waals surface area contributed by atoms with Crippen molar-refractivity contribution in [2.24, 2.45) is 5.92 Å². The van der Waals surface area contributed by atoms with Crippen molar-refractivity contribution in [1.82, 2.24) is 9.97 Å². The van der Waals surface area contributed by atoms with Crippen molar-refractivity contribution in [2.75, 3.05) is 5.32 Å². The SMILES string of the molecule is Cc1nccc(NC(C)C2CC2)n1. The minimum Gasteiger partial charge on any atom is -0.367 e. The highest BCUT2D eigenvalue weighted by Crippen LogP contribution is 2.33. The zero-order valence-electron chi connectivity index (χ0n) is 8.12. The van der Waals surface area contributed by atoms with Crippen LogP contribution in [-0.4, -0.2) is 16.0 Å². The van der Waals surface area contributed by atoms with Crippen LogP contribution in [0.1, 0.15) is 25.6 Å². The van der Waals surface area contributed by atoms with Gasteiger partial charge in [-0.05, 0) is 38.7 Å². The van der Waals surface area contributed by atoms with Crippen molar-refractivity contribution in [3.05, 3.63) is 18.1 Å². The Morgan fingerprint density at radius 3 is 2.92 bits per heavy atom. The molecule has 1 unspecified atom stereocenters. The summed E-state index contributed by atoms with van der Waals surface area (Å²) in [5.74, 6) is 2.63. The molecular formula is C10H15N3. The Bertz CT molecular complexity index is 294. The average Bonchev–Trinajstić information content (AvgIpc) is 2.85. The lowest BCUT2D eigenvalue weighted by Crippen LogP contribution is -2.18. The summed E-state index contributed by atoms with van der Waals surface area (Å²) in [5, 5.41) is 3.39. The van der Waals surface area contributed by atoms with Crippen molar-refractivity contribution < 1.29 is 0 Å². The van der Waals surface area contributed by atoms with E-state index in [1.165, 1.54) is 12.8 Å². The van der Waals surface area contributed by atoms with Crippen LogP contribution in [0.2, 0.25) is 0 Å². The first-order chi connectivity index (χ1) is 6.25. The molecule has 0 spiro atoms. The van der Waals surface area contributed by atoms with Crippen molar-refractivity contribution in [2.45, 2.75) is 32.7 Å². The zero-order valence-corrected chi connectivity index (χ0v) is 8.12. The Hall–Kier alpha value is -1.12. The van der Waals surface area contributed by atoms with Crippen LogP contribution in [0.15, 0.2) is 12.3 Å². The maximum absolute atomic E-state index is 4.30. The summed E-state index contributed by atoms with van der Waals surface area (Å²) in [6.07, 6.45) is 4.51. The van der Waals surface area contributed by atoms with Gasteiger partial charge in [-0.25, -0.2) is 9.97 Å². The Morgan fingerprint density at radius 1 is 1.54 bits per heavy atom. The second-order valence-electron chi connectivity index (χ2n) is 3.76. The number of hydrogen-bond acceptors (Lipinski definition) is 3. The van der Waals surface area contributed by atoms with E-state index in [0.29, 0.717) is 6.04 Å². The molecule has 0 saturated heterocycles. The molecule has 1 aromatic rings. The van der Waals surface area contributed by atoms with Crippen molar-refractivity contribution in [3.63, 3.8) is 0 Å². The van der Waals surface area contributed by atoms with Gasteiger partial charge in [0.05, 0.1) is 0 Å². The molecule has 1 aliphatic rings. The van der Waals surface area contributed by atoms with Gasteiger partial charge in [0.1, 0.15) is 11.6 Å². The van der Waals surface area contributed by atoms with Crippen LogP contribution in [0.25, 0.3) is 0 Å². The molecule has 3 heteroatoms. The Balaban J connectivity index is 2.00. The third kappa shape index (κ3) is 2.17. The average molecular weight is 177 g/mol. The topological polar surface area (TPSA) is 37.8 Å². The number of aryl methyl sites for hydroxylation is 1. The van der Waals surface area contributed by atoms with E-state index >= 15 is 0 Å². The van der Waals surface area contributed by atoms with E-state index in [4.69, 9.17) is 0 Å². The standard InChI is InChI=1S/C10H15N3/c1-7(9-3-4-9)12-10-5-6-11-8(2)13-10/h5-7,9H,3-4H2,1-2H3,(H,11,12,13). The Kier molecular flexibility index (Phi) is 2.17. The fourth-order valence-electron chi connectivity index (χ4n) is 1.48. The highest BCUT2D eigenvalue weighted by molar-refractivity contribution is 5.34. The van der Waals surface area contributed by atoms with Crippen LogP contribution in [0.3, 0.4) is 0 Å². The van der Waals surface area contributed by atoms with Gasteiger partial charge < -0.3 is 5.32 Å². The van der Waals surface area contributed by atoms with E-state index in [0.717, 1.165) is 17.6 Å². The fraction of sp³-hybridized carbons (Fsp3) is 0.600. The summed E-state index contributed by atoms with van der Waals surface area (Å²) in [6.45, 7) is 4.13. The normalized spacial score (nSPS) is 18.3. The molecule has 0 amide bonds. The van der Waals surface area contributed by atoms with Crippen LogP contribution in [0, 0.1) is 12.8 Å². The van der Waals surface area contributed by atoms with Gasteiger partial charge in [-0.15, -0.1) is 0 Å². The zero-order chi connectivity index (χ0) is 9.26. The molecule has 70 valence electrons. The third-order valence-corrected chi connectivity index (χ3v) is 2.48. The number of rotatable bonds is 3. The van der Waals surface area contributed by atoms with Gasteiger partial charge >= 0.3 is 0 Å². The van der Waals surface area contributed by atoms with Crippen LogP contribution in [0.5, 0.6) is 0 Å². The van der Waals surface area contributed by atoms with E-state index in [1.807, 2.05) is 13.0 Å². The third-order valence-electron chi connectivity index (χ3n) is 2.48. The number of nitrogens with one attached hydrogen (secondary N) is 1. The Labute approximate surface area is 78.6 Å². The fourth-order valence-corrected chi connectivity index (χ4v) is 1.48. The molecule has 3 nitrogen and oxygen atoms in total. The summed E-state index contributed by atoms with van der Waals surface area (Å²) in [5.41, 5.74) is 0. The largest absolute Gasteiger partial charge is 0.367 e. The second-order valence-corrected chi connectivity index (χ2v) is 3.76. The van der Waals surface area contributed by atoms with Gasteiger partial charge in [0.25, 0.3) is 0 Å². The van der Waals surface area contributed by atoms with Crippen LogP contribution in [-0.2, 0) is 0 Å². The molecule has 0 bridgehead atoms. The quantitative estimate of drug-likeness (QED) is 0.767. The smallest absolute Gasteiger partial charge is 0.129 e. The molecule has 0 radical (unpaired) electrons. The lowest BCUT2D eigenvalue weighted by molar-refractivity contribution is 0.689. The molecule has 1 N–H and O–H groups in total. The van der Waals surface area contributed by atoms with Crippen LogP contribution < -0.4 is 5.32 Å². The maximum atomic E-state index is 4.30. The summed E-state index contributed by atoms with van der Waals surface area (Å²) in [7, 11) is 0. The van der Waals surface area contributed by atoms with Crippen molar-refractivity contribution >= 4 is 5.82 Å². The summed E-state index contributed by atoms with van der Waals surface area (Å²) < 4.78 is 0. The van der Waals surface area contributed by atoms with Gasteiger partial charge in [0.15, 0.2) is 0 Å². The van der Waals surface area contributed by atoms with Gasteiger partial charge in [-0.2, -0.15) is 0 Å². The number of anilines is 1. The van der Waals surface area contributed by atoms with Crippen LogP contribution >= 0.6 is 0 Å². The number of aromatic nitrogens is 2. The second kappa shape index (κ2) is 3.32. The number of hydrogen-bond donors (Lipinski definition) is 1. The van der Waals surface area contributed by atoms with E-state index in [1.54, 1.807) is 6.20 Å².